The van der Waals surface area contributed by atoms with Gasteiger partial charge in [0.2, 0.25) is 0 Å². The number of carbonyl (C=O) groups excluding carboxylic acids is 1. The van der Waals surface area contributed by atoms with Crippen LogP contribution in [-0.2, 0) is 12.5 Å². The van der Waals surface area contributed by atoms with Gasteiger partial charge in [0.05, 0.1) is 5.56 Å². The molecule has 0 bridgehead atoms. The van der Waals surface area contributed by atoms with Gasteiger partial charge >= 0.3 is 0 Å². The molecule has 1 aromatic carbocycles. The Kier molecular flexibility index (Phi) is 4.73. The minimum Gasteiger partial charge on any atom is -0.324 e. The van der Waals surface area contributed by atoms with Crippen LogP contribution in [0.1, 0.15) is 41.7 Å². The van der Waals surface area contributed by atoms with E-state index in [0.717, 1.165) is 10.6 Å². The smallest absolute Gasteiger partial charge is 0.282 e. The molecule has 0 aliphatic heterocycles. The number of benzene rings is 1. The van der Waals surface area contributed by atoms with Crippen LogP contribution >= 0.6 is 27.3 Å². The Morgan fingerprint density at radius 1 is 1.36 bits per heavy atom. The van der Waals surface area contributed by atoms with E-state index in [0.29, 0.717) is 9.27 Å². The second-order valence-electron chi connectivity index (χ2n) is 6.15. The zero-order valence-corrected chi connectivity index (χ0v) is 15.6. The SMILES string of the molecule is Cc1c(C(C)(C)C)s/c(=N\C(=O)c2cc(Br)ccc2F)n1C. The monoisotopic (exact) mass is 384 g/mol. The number of hydrogen-bond acceptors (Lipinski definition) is 2. The van der Waals surface area contributed by atoms with Crippen molar-refractivity contribution in [2.75, 3.05) is 0 Å². The number of thiazole rings is 1. The zero-order valence-electron chi connectivity index (χ0n) is 13.2. The molecule has 0 N–H and O–H groups in total. The summed E-state index contributed by atoms with van der Waals surface area (Å²) in [4.78, 5) is 18.1. The molecule has 22 heavy (non-hydrogen) atoms. The van der Waals surface area contributed by atoms with Crippen molar-refractivity contribution in [2.45, 2.75) is 33.1 Å². The topological polar surface area (TPSA) is 34.4 Å². The highest BCUT2D eigenvalue weighted by atomic mass is 79.9. The normalized spacial score (nSPS) is 12.8. The van der Waals surface area contributed by atoms with E-state index in [4.69, 9.17) is 0 Å². The molecule has 2 aromatic rings. The Labute approximate surface area is 141 Å². The van der Waals surface area contributed by atoms with Gasteiger partial charge in [-0.15, -0.1) is 11.3 Å². The van der Waals surface area contributed by atoms with Gasteiger partial charge in [-0.2, -0.15) is 4.99 Å². The molecule has 1 heterocycles. The summed E-state index contributed by atoms with van der Waals surface area (Å²) < 4.78 is 16.3. The molecule has 0 spiro atoms. The van der Waals surface area contributed by atoms with E-state index in [1.807, 2.05) is 18.5 Å². The Bertz CT molecular complexity index is 799. The lowest BCUT2D eigenvalue weighted by Gasteiger charge is -2.17. The largest absolute Gasteiger partial charge is 0.324 e. The molecule has 2 rings (SSSR count). The van der Waals surface area contributed by atoms with Crippen molar-refractivity contribution in [3.05, 3.63) is 49.4 Å². The van der Waals surface area contributed by atoms with Crippen LogP contribution in [0.5, 0.6) is 0 Å². The maximum atomic E-state index is 13.8. The maximum absolute atomic E-state index is 13.8. The molecule has 0 fully saturated rings. The summed E-state index contributed by atoms with van der Waals surface area (Å²) in [6.07, 6.45) is 0. The maximum Gasteiger partial charge on any atom is 0.282 e. The van der Waals surface area contributed by atoms with Gasteiger partial charge in [0.15, 0.2) is 4.80 Å². The first kappa shape index (κ1) is 17.1. The van der Waals surface area contributed by atoms with E-state index in [2.05, 4.69) is 41.7 Å². The molecule has 0 unspecified atom stereocenters. The van der Waals surface area contributed by atoms with E-state index in [-0.39, 0.29) is 11.0 Å². The minimum atomic E-state index is -0.573. The van der Waals surface area contributed by atoms with Crippen LogP contribution in [0.25, 0.3) is 0 Å². The number of amides is 1. The standard InChI is InChI=1S/C16H18BrFN2OS/c1-9-13(16(2,3)4)22-15(20(9)5)19-14(21)11-8-10(17)6-7-12(11)18/h6-8H,1-5H3/b19-15-. The fourth-order valence-corrected chi connectivity index (χ4v) is 3.67. The summed E-state index contributed by atoms with van der Waals surface area (Å²) in [6.45, 7) is 8.35. The summed E-state index contributed by atoms with van der Waals surface area (Å²) >= 11 is 4.71. The highest BCUT2D eigenvalue weighted by Crippen LogP contribution is 2.27. The third-order valence-electron chi connectivity index (χ3n) is 3.35. The molecule has 1 amide bonds. The third-order valence-corrected chi connectivity index (χ3v) is 5.50. The first-order valence-corrected chi connectivity index (χ1v) is 8.43. The summed E-state index contributed by atoms with van der Waals surface area (Å²) in [7, 11) is 1.87. The first-order valence-electron chi connectivity index (χ1n) is 6.82. The van der Waals surface area contributed by atoms with Crippen LogP contribution in [0.3, 0.4) is 0 Å². The minimum absolute atomic E-state index is 0.0235. The van der Waals surface area contributed by atoms with Crippen molar-refractivity contribution >= 4 is 33.2 Å². The van der Waals surface area contributed by atoms with Gasteiger partial charge in [-0.25, -0.2) is 4.39 Å². The molecule has 1 aromatic heterocycles. The molecule has 118 valence electrons. The van der Waals surface area contributed by atoms with E-state index < -0.39 is 11.7 Å². The quantitative estimate of drug-likeness (QED) is 0.719. The highest BCUT2D eigenvalue weighted by molar-refractivity contribution is 9.10. The van der Waals surface area contributed by atoms with Crippen molar-refractivity contribution < 1.29 is 9.18 Å². The van der Waals surface area contributed by atoms with E-state index in [1.165, 1.54) is 23.5 Å². The van der Waals surface area contributed by atoms with Gasteiger partial charge in [-0.1, -0.05) is 36.7 Å². The van der Waals surface area contributed by atoms with Gasteiger partial charge in [0, 0.05) is 22.1 Å². The second kappa shape index (κ2) is 6.08. The lowest BCUT2D eigenvalue weighted by molar-refractivity contribution is 0.0994. The molecule has 0 atom stereocenters. The fraction of sp³-hybridized carbons (Fsp3) is 0.375. The molecule has 6 heteroatoms. The van der Waals surface area contributed by atoms with Crippen LogP contribution in [0, 0.1) is 12.7 Å². The van der Waals surface area contributed by atoms with Crippen molar-refractivity contribution in [1.82, 2.24) is 4.57 Å². The fourth-order valence-electron chi connectivity index (χ4n) is 2.13. The number of nitrogens with zero attached hydrogens (tertiary/aromatic N) is 2. The summed E-state index contributed by atoms with van der Waals surface area (Å²) in [5.41, 5.74) is 1.01. The predicted molar refractivity (Wildman–Crippen MR) is 90.7 cm³/mol. The van der Waals surface area contributed by atoms with Crippen molar-refractivity contribution in [3.8, 4) is 0 Å². The van der Waals surface area contributed by atoms with E-state index in [1.54, 1.807) is 6.07 Å². The van der Waals surface area contributed by atoms with Crippen LogP contribution in [0.4, 0.5) is 4.39 Å². The van der Waals surface area contributed by atoms with Gasteiger partial charge in [0.1, 0.15) is 5.82 Å². The molecule has 0 radical (unpaired) electrons. The van der Waals surface area contributed by atoms with Gasteiger partial charge in [-0.05, 0) is 30.5 Å². The summed E-state index contributed by atoms with van der Waals surface area (Å²) in [6, 6.07) is 4.26. The average molecular weight is 385 g/mol. The molecule has 0 aliphatic rings. The van der Waals surface area contributed by atoms with Crippen molar-refractivity contribution in [1.29, 1.82) is 0 Å². The van der Waals surface area contributed by atoms with E-state index >= 15 is 0 Å². The predicted octanol–water partition coefficient (Wildman–Crippen LogP) is 4.34. The lowest BCUT2D eigenvalue weighted by Crippen LogP contribution is -2.15. The number of carbonyl (C=O) groups is 1. The van der Waals surface area contributed by atoms with Gasteiger partial charge < -0.3 is 4.57 Å². The third kappa shape index (κ3) is 3.38. The summed E-state index contributed by atoms with van der Waals surface area (Å²) in [5.74, 6) is -1.14. The molecule has 0 saturated carbocycles. The summed E-state index contributed by atoms with van der Waals surface area (Å²) in [5, 5.41) is 0. The van der Waals surface area contributed by atoms with Crippen LogP contribution in [-0.4, -0.2) is 10.5 Å². The Balaban J connectivity index is 2.54. The highest BCUT2D eigenvalue weighted by Gasteiger charge is 2.21. The van der Waals surface area contributed by atoms with E-state index in [9.17, 15) is 9.18 Å². The first-order chi connectivity index (χ1) is 10.1. The number of halogens is 2. The second-order valence-corrected chi connectivity index (χ2v) is 8.04. The zero-order chi connectivity index (χ0) is 16.7. The average Bonchev–Trinajstić information content (AvgIpc) is 2.69. The number of rotatable bonds is 1. The van der Waals surface area contributed by atoms with Gasteiger partial charge in [0.25, 0.3) is 5.91 Å². The van der Waals surface area contributed by atoms with Crippen LogP contribution in [0.2, 0.25) is 0 Å². The molecule has 3 nitrogen and oxygen atoms in total. The van der Waals surface area contributed by atoms with Gasteiger partial charge in [-0.3, -0.25) is 4.79 Å². The molecular formula is C16H18BrFN2OS. The molecule has 0 saturated heterocycles. The molecule has 0 aliphatic carbocycles. The van der Waals surface area contributed by atoms with Crippen LogP contribution < -0.4 is 4.80 Å². The number of aromatic nitrogens is 1. The lowest BCUT2D eigenvalue weighted by atomic mass is 9.93. The Hall–Kier alpha value is -1.27. The Morgan fingerprint density at radius 3 is 2.55 bits per heavy atom. The van der Waals surface area contributed by atoms with Crippen LogP contribution in [0.15, 0.2) is 27.7 Å². The van der Waals surface area contributed by atoms with Crippen molar-refractivity contribution in [2.24, 2.45) is 12.0 Å². The van der Waals surface area contributed by atoms with Crippen molar-refractivity contribution in [3.63, 3.8) is 0 Å². The number of hydrogen-bond donors (Lipinski definition) is 0. The molecular weight excluding hydrogens is 367 g/mol. The Morgan fingerprint density at radius 2 is 2.00 bits per heavy atom.